The number of alkyl halides is 1. The van der Waals surface area contributed by atoms with Gasteiger partial charge in [0.1, 0.15) is 29.8 Å². The number of rotatable bonds is 11. The largest absolute Gasteiger partial charge is 1.00 e. The number of anilines is 4. The number of phenolic OH excluding ortho intramolecular Hbond substituents is 1. The molecule has 9 aromatic rings. The Morgan fingerprint density at radius 1 is 0.554 bits per heavy atom. The van der Waals surface area contributed by atoms with Gasteiger partial charge in [-0.05, 0) is 123 Å². The van der Waals surface area contributed by atoms with E-state index < -0.39 is 0 Å². The minimum absolute atomic E-state index is 0. The normalized spacial score (nSPS) is 16.1. The van der Waals surface area contributed by atoms with Crippen molar-refractivity contribution in [2.24, 2.45) is 5.34 Å². The van der Waals surface area contributed by atoms with E-state index in [1.165, 1.54) is 0 Å². The summed E-state index contributed by atoms with van der Waals surface area (Å²) in [5.41, 5.74) is 12.6. The molecule has 3 saturated heterocycles. The van der Waals surface area contributed by atoms with Gasteiger partial charge in [-0.25, -0.2) is 15.0 Å². The number of ether oxygens (including phenoxy) is 4. The summed E-state index contributed by atoms with van der Waals surface area (Å²) in [6, 6.07) is 52.2. The van der Waals surface area contributed by atoms with Crippen LogP contribution in [0.1, 0.15) is 47.0 Å². The second-order valence-corrected chi connectivity index (χ2v) is 24.0. The predicted octanol–water partition coefficient (Wildman–Crippen LogP) is 12.8. The maximum absolute atomic E-state index is 9.98. The zero-order chi connectivity index (χ0) is 58.1. The molecule has 0 amide bonds. The van der Waals surface area contributed by atoms with Gasteiger partial charge in [0.25, 0.3) is 0 Å². The average Bonchev–Trinajstić information content (AvgIpc) is 4.33. The van der Waals surface area contributed by atoms with Crippen LogP contribution in [0.2, 0.25) is 15.1 Å². The predicted molar refractivity (Wildman–Crippen MR) is 343 cm³/mol. The van der Waals surface area contributed by atoms with Crippen molar-refractivity contribution in [3.05, 3.63) is 189 Å². The van der Waals surface area contributed by atoms with Crippen LogP contribution in [0.3, 0.4) is 0 Å². The molecule has 3 aliphatic rings. The minimum atomic E-state index is 0. The van der Waals surface area contributed by atoms with Crippen molar-refractivity contribution >= 4 is 113 Å². The van der Waals surface area contributed by atoms with Crippen LogP contribution in [0, 0.1) is 10.1 Å². The molecule has 6 heterocycles. The van der Waals surface area contributed by atoms with Crippen LogP contribution in [0.5, 0.6) is 29.1 Å². The maximum Gasteiger partial charge on any atom is 1.00 e. The summed E-state index contributed by atoms with van der Waals surface area (Å²) in [6.45, 7) is 13.5. The SMILES string of the molecule is CC(C)I.CC(C)Oc1ccccc1N1CC[C@H](Oc2ccc3cc(Cl)ccc3n2)C1.Nc1ccccc1N1CC[C@H](Oc2ccc3cc(Cl)ccc3n2)C1.O=N[O-].Oc1ccccc1N1CC[C@H](Oc2ccc3cc(Cl)ccc3n2)C1.[Na+]. The molecule has 3 aromatic heterocycles. The van der Waals surface area contributed by atoms with E-state index in [-0.39, 0.29) is 54.0 Å². The number of nitrogens with zero attached hydrogens (tertiary/aromatic N) is 7. The zero-order valence-corrected chi connectivity index (χ0v) is 53.4. The topological polar surface area (TPSA) is 184 Å². The van der Waals surface area contributed by atoms with Crippen molar-refractivity contribution in [2.75, 3.05) is 59.7 Å². The fourth-order valence-electron chi connectivity index (χ4n) is 9.65. The molecule has 3 N–H and O–H groups in total. The van der Waals surface area contributed by atoms with E-state index in [0.29, 0.717) is 38.5 Å². The summed E-state index contributed by atoms with van der Waals surface area (Å²) in [6.07, 6.45) is 3.23. The van der Waals surface area contributed by atoms with Gasteiger partial charge in [0, 0.05) is 92.2 Å². The summed E-state index contributed by atoms with van der Waals surface area (Å²) in [7, 11) is 0. The van der Waals surface area contributed by atoms with Crippen LogP contribution in [-0.2, 0) is 0 Å². The Kier molecular flexibility index (Phi) is 24.5. The molecule has 0 bridgehead atoms. The van der Waals surface area contributed by atoms with Gasteiger partial charge in [0.2, 0.25) is 17.6 Å². The van der Waals surface area contributed by atoms with Gasteiger partial charge in [-0.2, -0.15) is 0 Å². The Balaban J connectivity index is 0.000000168. The molecule has 0 aliphatic carbocycles. The van der Waals surface area contributed by atoms with E-state index in [4.69, 9.17) is 69.6 Å². The molecule has 0 saturated carbocycles. The molecule has 3 atom stereocenters. The number of nitrogens with two attached hydrogens (primary N) is 1. The first-order valence-corrected chi connectivity index (χ1v) is 29.4. The smallest absolute Gasteiger partial charge is 0.506 e. The summed E-state index contributed by atoms with van der Waals surface area (Å²) >= 11 is 20.4. The fraction of sp³-hybridized carbons (Fsp3) is 0.286. The van der Waals surface area contributed by atoms with Gasteiger partial charge >= 0.3 is 29.6 Å². The van der Waals surface area contributed by atoms with Crippen LogP contribution in [-0.4, -0.2) is 87.7 Å². The Hall–Kier alpha value is -6.25. The summed E-state index contributed by atoms with van der Waals surface area (Å²) in [5.74, 6) is 3.16. The molecule has 0 unspecified atom stereocenters. The van der Waals surface area contributed by atoms with Crippen molar-refractivity contribution in [2.45, 2.75) is 75.3 Å². The second-order valence-electron chi connectivity index (χ2n) is 20.2. The zero-order valence-electron chi connectivity index (χ0n) is 47.0. The fourth-order valence-corrected chi connectivity index (χ4v) is 10.2. The molecule has 3 aliphatic heterocycles. The molecule has 6 aromatic carbocycles. The molecule has 83 heavy (non-hydrogen) atoms. The number of phenols is 1. The first-order chi connectivity index (χ1) is 39.6. The van der Waals surface area contributed by atoms with Crippen LogP contribution >= 0.6 is 57.4 Å². The third-order valence-corrected chi connectivity index (χ3v) is 13.9. The number of hydrogen-bond donors (Lipinski definition) is 2. The molecular weight excluding hydrogens is 1240 g/mol. The van der Waals surface area contributed by atoms with Crippen LogP contribution in [0.15, 0.2) is 169 Å². The van der Waals surface area contributed by atoms with Crippen molar-refractivity contribution in [3.63, 3.8) is 0 Å². The first kappa shape index (κ1) is 64.3. The first-order valence-electron chi connectivity index (χ1n) is 27.0. The molecule has 428 valence electrons. The minimum Gasteiger partial charge on any atom is -0.506 e. The summed E-state index contributed by atoms with van der Waals surface area (Å²) < 4.78 is 25.0. The van der Waals surface area contributed by atoms with E-state index in [2.05, 4.69) is 78.2 Å². The Bertz CT molecular complexity index is 3410. The maximum atomic E-state index is 9.98. The number of nitrogen functional groups attached to an aromatic ring is 1. The number of fused-ring (bicyclic) bond motifs is 3. The van der Waals surface area contributed by atoms with Gasteiger partial charge in [-0.15, -0.1) is 5.34 Å². The average molecular weight is 1300 g/mol. The van der Waals surface area contributed by atoms with E-state index in [1.807, 2.05) is 159 Å². The monoisotopic (exact) mass is 1300 g/mol. The Labute approximate surface area is 535 Å². The van der Waals surface area contributed by atoms with E-state index >= 15 is 0 Å². The Morgan fingerprint density at radius 3 is 1.30 bits per heavy atom. The van der Waals surface area contributed by atoms with Crippen LogP contribution in [0.25, 0.3) is 32.7 Å². The van der Waals surface area contributed by atoms with E-state index in [9.17, 15) is 5.11 Å². The molecule has 0 spiro atoms. The number of pyridine rings is 3. The van der Waals surface area contributed by atoms with Crippen molar-refractivity contribution in [1.29, 1.82) is 0 Å². The van der Waals surface area contributed by atoms with Crippen molar-refractivity contribution in [3.8, 4) is 29.1 Å². The second kappa shape index (κ2) is 31.6. The summed E-state index contributed by atoms with van der Waals surface area (Å²) in [4.78, 5) is 28.5. The van der Waals surface area contributed by atoms with Gasteiger partial charge in [0.15, 0.2) is 0 Å². The van der Waals surface area contributed by atoms with Gasteiger partial charge < -0.3 is 54.6 Å². The van der Waals surface area contributed by atoms with Gasteiger partial charge in [-0.1, -0.05) is 108 Å². The quantitative estimate of drug-likeness (QED) is 0.0311. The van der Waals surface area contributed by atoms with Crippen LogP contribution < -0.4 is 68.9 Å². The van der Waals surface area contributed by atoms with Crippen LogP contribution in [0.4, 0.5) is 22.7 Å². The van der Waals surface area contributed by atoms with Gasteiger partial charge in [-0.3, -0.25) is 0 Å². The Morgan fingerprint density at radius 2 is 0.904 bits per heavy atom. The third kappa shape index (κ3) is 18.9. The number of benzene rings is 6. The summed E-state index contributed by atoms with van der Waals surface area (Å²) in [5, 5.41) is 24.1. The van der Waals surface area contributed by atoms with E-state index in [1.54, 1.807) is 6.07 Å². The molecule has 3 fully saturated rings. The molecule has 12 rings (SSSR count). The van der Waals surface area contributed by atoms with Gasteiger partial charge in [0.05, 0.1) is 65.0 Å². The number of aromatic nitrogens is 3. The van der Waals surface area contributed by atoms with Crippen molar-refractivity contribution in [1.82, 2.24) is 15.0 Å². The molecular formula is C63H65Cl3IN8NaO7. The molecule has 15 nitrogen and oxygen atoms in total. The third-order valence-electron chi connectivity index (χ3n) is 13.2. The standard InChI is InChI=1S/C22H23ClN2O2.C19H18ClN3O.C19H17ClN2O2.C3H7I.HNO2.Na/c1-15(2)26-21-6-4-3-5-20(21)25-12-11-18(14-25)27-22-10-7-16-13-17(23)8-9-19(16)24-22;20-14-6-7-17-13(11-14)5-8-19(22-17)24-15-9-10-23(12-15)18-4-2-1-3-16(18)21;20-14-6-7-16-13(11-14)5-8-19(21-16)24-15-9-10-22(12-15)17-3-1-2-4-18(17)23;1-3(2)4;2-1-3;/h3-10,13,15,18H,11-12,14H2,1-2H3;1-8,11,15H,9-10,12,21H2;1-8,11,15,23H,9-10,12H2;3H,1-2H3;(H,2,3);/q;;;;;+1/p-1/t18-;2*15-;;;/m000.../s1. The molecule has 20 heteroatoms. The number of halogens is 4. The van der Waals surface area contributed by atoms with Crippen molar-refractivity contribution < 1.29 is 53.6 Å². The van der Waals surface area contributed by atoms with E-state index in [0.717, 1.165) is 129 Å². The number of hydrogen-bond acceptors (Lipinski definition) is 15. The number of aromatic hydroxyl groups is 1. The molecule has 0 radical (unpaired) electrons. The number of para-hydroxylation sites is 6.